The molecular formula is C5H9NO. The minimum atomic E-state index is 0.389. The molecule has 7 heavy (non-hydrogen) atoms. The van der Waals surface area contributed by atoms with E-state index in [-0.39, 0.29) is 0 Å². The van der Waals surface area contributed by atoms with Gasteiger partial charge in [-0.15, -0.1) is 0 Å². The molecule has 1 unspecified atom stereocenters. The largest absolute Gasteiger partial charge is 0.376 e. The Balaban J connectivity index is 2.14. The zero-order valence-electron chi connectivity index (χ0n) is 4.13. The third kappa shape index (κ3) is 0.318. The molecule has 3 aliphatic rings. The number of rotatable bonds is 0. The highest BCUT2D eigenvalue weighted by atomic mass is 16.5. The Hall–Kier alpha value is -0.0800. The summed E-state index contributed by atoms with van der Waals surface area (Å²) in [4.78, 5) is 0. The summed E-state index contributed by atoms with van der Waals surface area (Å²) in [5, 5.41) is 0. The van der Waals surface area contributed by atoms with Gasteiger partial charge in [-0.3, -0.25) is 0 Å². The molecule has 40 valence electrons. The molecule has 0 aromatic carbocycles. The topological polar surface area (TPSA) is 35.2 Å². The van der Waals surface area contributed by atoms with Gasteiger partial charge in [0.1, 0.15) is 0 Å². The van der Waals surface area contributed by atoms with Crippen molar-refractivity contribution in [2.45, 2.75) is 18.6 Å². The fourth-order valence-electron chi connectivity index (χ4n) is 1.33. The Morgan fingerprint density at radius 1 is 1.57 bits per heavy atom. The van der Waals surface area contributed by atoms with Crippen molar-refractivity contribution in [2.24, 2.45) is 11.7 Å². The molecule has 3 fully saturated rings. The summed E-state index contributed by atoms with van der Waals surface area (Å²) in [6.45, 7) is 0.922. The van der Waals surface area contributed by atoms with Crippen LogP contribution >= 0.6 is 0 Å². The Morgan fingerprint density at radius 2 is 2.43 bits per heavy atom. The molecule has 0 spiro atoms. The first-order valence-electron chi connectivity index (χ1n) is 2.75. The van der Waals surface area contributed by atoms with Crippen molar-refractivity contribution in [1.29, 1.82) is 0 Å². The quantitative estimate of drug-likeness (QED) is 0.454. The number of nitrogens with two attached hydrogens (primary N) is 1. The second kappa shape index (κ2) is 1.01. The van der Waals surface area contributed by atoms with Crippen LogP contribution in [0.15, 0.2) is 0 Å². The lowest BCUT2D eigenvalue weighted by molar-refractivity contribution is 0.108. The summed E-state index contributed by atoms with van der Waals surface area (Å²) < 4.78 is 5.21. The van der Waals surface area contributed by atoms with Crippen molar-refractivity contribution >= 4 is 0 Å². The van der Waals surface area contributed by atoms with Crippen LogP contribution in [0.4, 0.5) is 0 Å². The summed E-state index contributed by atoms with van der Waals surface area (Å²) in [5.41, 5.74) is 5.60. The zero-order valence-corrected chi connectivity index (χ0v) is 4.13. The molecular weight excluding hydrogens is 90.1 g/mol. The average Bonchev–Trinajstić information content (AvgIpc) is 2.18. The molecule has 2 heterocycles. The van der Waals surface area contributed by atoms with E-state index in [0.29, 0.717) is 18.1 Å². The highest BCUT2D eigenvalue weighted by Crippen LogP contribution is 2.36. The van der Waals surface area contributed by atoms with Gasteiger partial charge in [0.2, 0.25) is 0 Å². The van der Waals surface area contributed by atoms with Crippen molar-refractivity contribution in [2.75, 3.05) is 6.61 Å². The van der Waals surface area contributed by atoms with Gasteiger partial charge >= 0.3 is 0 Å². The van der Waals surface area contributed by atoms with Crippen LogP contribution in [0.5, 0.6) is 0 Å². The summed E-state index contributed by atoms with van der Waals surface area (Å²) in [6, 6.07) is 0.389. The van der Waals surface area contributed by atoms with Crippen molar-refractivity contribution in [1.82, 2.24) is 0 Å². The molecule has 1 aliphatic carbocycles. The number of fused-ring (bicyclic) bond motifs is 1. The maximum Gasteiger partial charge on any atom is 0.0733 e. The fourth-order valence-corrected chi connectivity index (χ4v) is 1.33. The van der Waals surface area contributed by atoms with Gasteiger partial charge in [0.25, 0.3) is 0 Å². The lowest BCUT2D eigenvalue weighted by Gasteiger charge is -2.28. The van der Waals surface area contributed by atoms with Crippen LogP contribution in [0.1, 0.15) is 6.42 Å². The zero-order chi connectivity index (χ0) is 4.85. The van der Waals surface area contributed by atoms with Crippen molar-refractivity contribution in [3.8, 4) is 0 Å². The summed E-state index contributed by atoms with van der Waals surface area (Å²) in [7, 11) is 0. The molecule has 3 rings (SSSR count). The minimum Gasteiger partial charge on any atom is -0.376 e. The summed E-state index contributed by atoms with van der Waals surface area (Å²) in [6.07, 6.45) is 1.66. The standard InChI is InChI=1S/C5H9NO/c6-5-3-1-4(5)7-2-3/h3-5H,1-2,6H2/t3-,4-,5?/m1/s1. The van der Waals surface area contributed by atoms with Crippen LogP contribution in [0.3, 0.4) is 0 Å². The molecule has 3 atom stereocenters. The summed E-state index contributed by atoms with van der Waals surface area (Å²) in [5.74, 6) is 0.713. The van der Waals surface area contributed by atoms with Gasteiger partial charge < -0.3 is 10.5 Å². The summed E-state index contributed by atoms with van der Waals surface area (Å²) >= 11 is 0. The third-order valence-electron chi connectivity index (χ3n) is 2.03. The second-order valence-electron chi connectivity index (χ2n) is 2.44. The Bertz CT molecular complexity index is 80.1. The van der Waals surface area contributed by atoms with Gasteiger partial charge in [-0.25, -0.2) is 0 Å². The maximum atomic E-state index is 5.60. The van der Waals surface area contributed by atoms with Crippen LogP contribution in [-0.2, 0) is 4.74 Å². The monoisotopic (exact) mass is 99.1 g/mol. The molecule has 0 radical (unpaired) electrons. The molecule has 2 bridgehead atoms. The van der Waals surface area contributed by atoms with Crippen molar-refractivity contribution < 1.29 is 4.74 Å². The molecule has 2 heteroatoms. The Morgan fingerprint density at radius 3 is 2.57 bits per heavy atom. The normalized spacial score (nSPS) is 57.0. The van der Waals surface area contributed by atoms with E-state index in [0.717, 1.165) is 6.61 Å². The van der Waals surface area contributed by atoms with Gasteiger partial charge in [0.15, 0.2) is 0 Å². The maximum absolute atomic E-state index is 5.60. The van der Waals surface area contributed by atoms with Gasteiger partial charge in [-0.2, -0.15) is 0 Å². The number of ether oxygens (including phenoxy) is 1. The lowest BCUT2D eigenvalue weighted by Crippen LogP contribution is -2.46. The molecule has 0 amide bonds. The molecule has 2 aliphatic heterocycles. The molecule has 0 aromatic heterocycles. The van der Waals surface area contributed by atoms with Gasteiger partial charge in [0, 0.05) is 12.0 Å². The molecule has 2 nitrogen and oxygen atoms in total. The highest BCUT2D eigenvalue weighted by Gasteiger charge is 2.45. The second-order valence-corrected chi connectivity index (χ2v) is 2.44. The van der Waals surface area contributed by atoms with Crippen molar-refractivity contribution in [3.05, 3.63) is 0 Å². The van der Waals surface area contributed by atoms with E-state index < -0.39 is 0 Å². The predicted octanol–water partition coefficient (Wildman–Crippen LogP) is -0.268. The third-order valence-corrected chi connectivity index (χ3v) is 2.03. The minimum absolute atomic E-state index is 0.389. The molecule has 1 saturated carbocycles. The molecule has 0 aromatic rings. The molecule has 2 N–H and O–H groups in total. The SMILES string of the molecule is NC1[C@H]2CO[C@@H]1C2. The van der Waals surface area contributed by atoms with E-state index in [1.807, 2.05) is 0 Å². The molecule has 2 saturated heterocycles. The highest BCUT2D eigenvalue weighted by molar-refractivity contribution is 4.98. The predicted molar refractivity (Wildman–Crippen MR) is 25.8 cm³/mol. The van der Waals surface area contributed by atoms with E-state index in [1.165, 1.54) is 6.42 Å². The van der Waals surface area contributed by atoms with E-state index in [9.17, 15) is 0 Å². The van der Waals surface area contributed by atoms with Gasteiger partial charge in [-0.1, -0.05) is 0 Å². The van der Waals surface area contributed by atoms with E-state index in [1.54, 1.807) is 0 Å². The van der Waals surface area contributed by atoms with E-state index in [2.05, 4.69) is 0 Å². The van der Waals surface area contributed by atoms with Crippen LogP contribution in [0.2, 0.25) is 0 Å². The van der Waals surface area contributed by atoms with Gasteiger partial charge in [-0.05, 0) is 6.42 Å². The smallest absolute Gasteiger partial charge is 0.0733 e. The van der Waals surface area contributed by atoms with E-state index in [4.69, 9.17) is 10.5 Å². The first-order valence-corrected chi connectivity index (χ1v) is 2.75. The Kier molecular flexibility index (Phi) is 0.557. The van der Waals surface area contributed by atoms with Crippen LogP contribution in [0, 0.1) is 5.92 Å². The fraction of sp³-hybridized carbons (Fsp3) is 1.00. The number of hydrogen-bond acceptors (Lipinski definition) is 2. The van der Waals surface area contributed by atoms with Crippen LogP contribution in [-0.4, -0.2) is 18.8 Å². The van der Waals surface area contributed by atoms with E-state index >= 15 is 0 Å². The van der Waals surface area contributed by atoms with Crippen LogP contribution in [0.25, 0.3) is 0 Å². The van der Waals surface area contributed by atoms with Crippen LogP contribution < -0.4 is 5.73 Å². The Labute approximate surface area is 42.6 Å². The first-order chi connectivity index (χ1) is 3.38. The lowest BCUT2D eigenvalue weighted by atomic mass is 9.81. The average molecular weight is 99.1 g/mol. The first kappa shape index (κ1) is 3.87. The van der Waals surface area contributed by atoms with Crippen molar-refractivity contribution in [3.63, 3.8) is 0 Å². The van der Waals surface area contributed by atoms with Gasteiger partial charge in [0.05, 0.1) is 12.7 Å². The number of hydrogen-bond donors (Lipinski definition) is 1.